The maximum absolute atomic E-state index is 12.4. The highest BCUT2D eigenvalue weighted by molar-refractivity contribution is 6.01. The number of carbonyl (C=O) groups is 2. The average Bonchev–Trinajstić information content (AvgIpc) is 3.13. The smallest absolute Gasteiger partial charge is 0.338 e. The van der Waals surface area contributed by atoms with Crippen molar-refractivity contribution in [1.29, 1.82) is 0 Å². The van der Waals surface area contributed by atoms with Crippen LogP contribution in [-0.4, -0.2) is 34.7 Å². The van der Waals surface area contributed by atoms with Gasteiger partial charge in [0.2, 0.25) is 5.78 Å². The first-order valence-corrected chi connectivity index (χ1v) is 8.50. The Morgan fingerprint density at radius 3 is 2.15 bits per heavy atom. The Labute approximate surface area is 157 Å². The molecular formula is C21H20N2O4. The third-order valence-electron chi connectivity index (χ3n) is 4.21. The number of ether oxygens (including phenoxy) is 2. The second-order valence-electron chi connectivity index (χ2n) is 6.07. The van der Waals surface area contributed by atoms with Crippen molar-refractivity contribution < 1.29 is 19.1 Å². The fourth-order valence-corrected chi connectivity index (χ4v) is 2.65. The summed E-state index contributed by atoms with van der Waals surface area (Å²) in [5.41, 5.74) is 2.67. The summed E-state index contributed by atoms with van der Waals surface area (Å²) in [5, 5.41) is 4.22. The zero-order chi connectivity index (χ0) is 19.4. The molecule has 0 aliphatic carbocycles. The Morgan fingerprint density at radius 1 is 0.963 bits per heavy atom. The summed E-state index contributed by atoms with van der Waals surface area (Å²) in [7, 11) is 1.56. The predicted molar refractivity (Wildman–Crippen MR) is 101 cm³/mol. The van der Waals surface area contributed by atoms with Crippen molar-refractivity contribution in [3.05, 3.63) is 77.6 Å². The summed E-state index contributed by atoms with van der Waals surface area (Å²) in [6.45, 7) is 3.51. The number of nitrogens with zero attached hydrogens (tertiary/aromatic N) is 2. The molecule has 0 spiro atoms. The number of aryl methyl sites for hydroxylation is 1. The van der Waals surface area contributed by atoms with E-state index in [0.717, 1.165) is 11.4 Å². The number of Topliss-reactive ketones (excluding diaryl/α,β-unsaturated/α-hetero) is 1. The van der Waals surface area contributed by atoms with E-state index in [1.165, 1.54) is 0 Å². The topological polar surface area (TPSA) is 70.4 Å². The van der Waals surface area contributed by atoms with Crippen molar-refractivity contribution in [1.82, 2.24) is 9.78 Å². The van der Waals surface area contributed by atoms with Crippen LogP contribution in [-0.2, 0) is 4.74 Å². The monoisotopic (exact) mass is 364 g/mol. The summed E-state index contributed by atoms with van der Waals surface area (Å²) < 4.78 is 12.2. The third kappa shape index (κ3) is 4.06. The summed E-state index contributed by atoms with van der Waals surface area (Å²) >= 11 is 0. The van der Waals surface area contributed by atoms with E-state index >= 15 is 0 Å². The minimum absolute atomic E-state index is 0.269. The largest absolute Gasteiger partial charge is 0.497 e. The normalized spacial score (nSPS) is 11.7. The molecule has 0 radical (unpaired) electrons. The van der Waals surface area contributed by atoms with Crippen molar-refractivity contribution in [3.8, 4) is 11.4 Å². The van der Waals surface area contributed by atoms with Crippen molar-refractivity contribution >= 4 is 11.8 Å². The Morgan fingerprint density at radius 2 is 1.59 bits per heavy atom. The maximum atomic E-state index is 12.4. The van der Waals surface area contributed by atoms with Crippen molar-refractivity contribution in [2.24, 2.45) is 0 Å². The van der Waals surface area contributed by atoms with Crippen molar-refractivity contribution in [3.63, 3.8) is 0 Å². The van der Waals surface area contributed by atoms with Crippen LogP contribution in [0, 0.1) is 6.92 Å². The fraction of sp³-hybridized carbons (Fsp3) is 0.190. The summed E-state index contributed by atoms with van der Waals surface area (Å²) in [5.74, 6) is -0.161. The fourth-order valence-electron chi connectivity index (χ4n) is 2.65. The molecule has 2 aromatic carbocycles. The van der Waals surface area contributed by atoms with Gasteiger partial charge in [0, 0.05) is 17.5 Å². The van der Waals surface area contributed by atoms with Crippen LogP contribution in [0.3, 0.4) is 0 Å². The van der Waals surface area contributed by atoms with Crippen LogP contribution in [0.1, 0.15) is 33.3 Å². The van der Waals surface area contributed by atoms with E-state index in [1.54, 1.807) is 73.4 Å². The Hall–Kier alpha value is -3.41. The van der Waals surface area contributed by atoms with Crippen LogP contribution in [0.2, 0.25) is 0 Å². The van der Waals surface area contributed by atoms with Gasteiger partial charge in [-0.25, -0.2) is 9.48 Å². The molecule has 0 aliphatic heterocycles. The van der Waals surface area contributed by atoms with E-state index in [1.807, 2.05) is 13.0 Å². The number of esters is 1. The Balaban J connectivity index is 1.67. The van der Waals surface area contributed by atoms with Crippen LogP contribution in [0.5, 0.6) is 5.75 Å². The van der Waals surface area contributed by atoms with E-state index in [4.69, 9.17) is 9.47 Å². The molecule has 27 heavy (non-hydrogen) atoms. The summed E-state index contributed by atoms with van der Waals surface area (Å²) in [6, 6.07) is 15.5. The van der Waals surface area contributed by atoms with Crippen LogP contribution in [0.4, 0.5) is 0 Å². The molecule has 1 aromatic heterocycles. The number of ketones is 1. The van der Waals surface area contributed by atoms with Crippen LogP contribution in [0.15, 0.2) is 60.8 Å². The molecule has 0 saturated heterocycles. The van der Waals surface area contributed by atoms with Crippen LogP contribution >= 0.6 is 0 Å². The Kier molecular flexibility index (Phi) is 5.35. The third-order valence-corrected chi connectivity index (χ3v) is 4.21. The van der Waals surface area contributed by atoms with Gasteiger partial charge in [0.15, 0.2) is 6.10 Å². The molecule has 0 bridgehead atoms. The summed E-state index contributed by atoms with van der Waals surface area (Å²) in [6.07, 6.45) is 0.822. The first-order chi connectivity index (χ1) is 13.0. The van der Waals surface area contributed by atoms with E-state index in [-0.39, 0.29) is 5.78 Å². The molecule has 0 aliphatic rings. The lowest BCUT2D eigenvalue weighted by atomic mass is 10.1. The highest BCUT2D eigenvalue weighted by Crippen LogP contribution is 2.16. The first-order valence-electron chi connectivity index (χ1n) is 8.50. The lowest BCUT2D eigenvalue weighted by Gasteiger charge is -2.13. The highest BCUT2D eigenvalue weighted by Gasteiger charge is 2.20. The number of aromatic nitrogens is 2. The molecule has 1 atom stereocenters. The van der Waals surface area contributed by atoms with Gasteiger partial charge in [0.25, 0.3) is 0 Å². The van der Waals surface area contributed by atoms with Gasteiger partial charge in [0.05, 0.1) is 18.4 Å². The molecule has 6 nitrogen and oxygen atoms in total. The van der Waals surface area contributed by atoms with Gasteiger partial charge in [-0.1, -0.05) is 0 Å². The van der Waals surface area contributed by atoms with E-state index in [0.29, 0.717) is 16.9 Å². The lowest BCUT2D eigenvalue weighted by Crippen LogP contribution is -2.24. The van der Waals surface area contributed by atoms with Gasteiger partial charge in [-0.3, -0.25) is 4.79 Å². The quantitative estimate of drug-likeness (QED) is 0.493. The Bertz CT molecular complexity index is 943. The van der Waals surface area contributed by atoms with Crippen molar-refractivity contribution in [2.45, 2.75) is 20.0 Å². The van der Waals surface area contributed by atoms with E-state index in [2.05, 4.69) is 5.10 Å². The molecule has 3 rings (SSSR count). The molecule has 0 N–H and O–H groups in total. The SMILES string of the molecule is COc1ccc(C(=O)[C@H](C)OC(=O)c2ccc(-n3nccc3C)cc2)cc1. The predicted octanol–water partition coefficient (Wildman–Crippen LogP) is 3.62. The number of rotatable bonds is 6. The number of hydrogen-bond donors (Lipinski definition) is 0. The first kappa shape index (κ1) is 18.4. The summed E-state index contributed by atoms with van der Waals surface area (Å²) in [4.78, 5) is 24.8. The van der Waals surface area contributed by atoms with E-state index < -0.39 is 12.1 Å². The molecule has 138 valence electrons. The number of benzene rings is 2. The molecule has 6 heteroatoms. The second-order valence-corrected chi connectivity index (χ2v) is 6.07. The average molecular weight is 364 g/mol. The number of hydrogen-bond acceptors (Lipinski definition) is 5. The van der Waals surface area contributed by atoms with Crippen LogP contribution < -0.4 is 4.74 Å². The highest BCUT2D eigenvalue weighted by atomic mass is 16.5. The zero-order valence-corrected chi connectivity index (χ0v) is 15.4. The molecule has 0 fully saturated rings. The number of carbonyl (C=O) groups excluding carboxylic acids is 2. The molecule has 0 unspecified atom stereocenters. The second kappa shape index (κ2) is 7.86. The standard InChI is InChI=1S/C21H20N2O4/c1-14-12-13-22-23(14)18-8-4-17(5-9-18)21(25)27-15(2)20(24)16-6-10-19(26-3)11-7-16/h4-13,15H,1-3H3/t15-/m0/s1. The number of methoxy groups -OCH3 is 1. The maximum Gasteiger partial charge on any atom is 0.338 e. The lowest BCUT2D eigenvalue weighted by molar-refractivity contribution is 0.0319. The van der Waals surface area contributed by atoms with Gasteiger partial charge in [-0.05, 0) is 68.4 Å². The molecule has 0 saturated carbocycles. The van der Waals surface area contributed by atoms with Crippen molar-refractivity contribution in [2.75, 3.05) is 7.11 Å². The van der Waals surface area contributed by atoms with Gasteiger partial charge < -0.3 is 9.47 Å². The van der Waals surface area contributed by atoms with Crippen LogP contribution in [0.25, 0.3) is 5.69 Å². The van der Waals surface area contributed by atoms with Gasteiger partial charge in [0.1, 0.15) is 5.75 Å². The minimum Gasteiger partial charge on any atom is -0.497 e. The zero-order valence-electron chi connectivity index (χ0n) is 15.4. The molecule has 0 amide bonds. The molecule has 3 aromatic rings. The van der Waals surface area contributed by atoms with Gasteiger partial charge >= 0.3 is 5.97 Å². The molecular weight excluding hydrogens is 344 g/mol. The molecule has 1 heterocycles. The van der Waals surface area contributed by atoms with E-state index in [9.17, 15) is 9.59 Å². The minimum atomic E-state index is -0.890. The van der Waals surface area contributed by atoms with Gasteiger partial charge in [-0.15, -0.1) is 0 Å². The van der Waals surface area contributed by atoms with Gasteiger partial charge in [-0.2, -0.15) is 5.10 Å².